The minimum atomic E-state index is -3.80. The van der Waals surface area contributed by atoms with Gasteiger partial charge in [0.05, 0.1) is 23.0 Å². The Morgan fingerprint density at radius 3 is 2.57 bits per heavy atom. The van der Waals surface area contributed by atoms with Gasteiger partial charge < -0.3 is 5.73 Å². The van der Waals surface area contributed by atoms with Gasteiger partial charge in [-0.25, -0.2) is 8.42 Å². The lowest BCUT2D eigenvalue weighted by Gasteiger charge is -2.13. The molecule has 0 atom stereocenters. The zero-order valence-electron chi connectivity index (χ0n) is 11.1. The van der Waals surface area contributed by atoms with E-state index in [9.17, 15) is 8.42 Å². The van der Waals surface area contributed by atoms with Crippen LogP contribution in [0, 0.1) is 18.3 Å². The molecule has 0 spiro atoms. The molecule has 0 bridgehead atoms. The van der Waals surface area contributed by atoms with Gasteiger partial charge in [-0.2, -0.15) is 5.26 Å². The van der Waals surface area contributed by atoms with Gasteiger partial charge in [0, 0.05) is 4.47 Å². The zero-order chi connectivity index (χ0) is 15.6. The fourth-order valence-corrected chi connectivity index (χ4v) is 3.95. The molecule has 0 amide bonds. The highest BCUT2D eigenvalue weighted by Gasteiger charge is 2.20. The van der Waals surface area contributed by atoms with Crippen LogP contribution in [0.25, 0.3) is 0 Å². The van der Waals surface area contributed by atoms with E-state index < -0.39 is 10.0 Å². The van der Waals surface area contributed by atoms with E-state index in [1.165, 1.54) is 18.2 Å². The number of nitrogens with one attached hydrogen (secondary N) is 1. The first kappa shape index (κ1) is 15.4. The average Bonchev–Trinajstić information content (AvgIpc) is 2.40. The fraction of sp³-hybridized carbons (Fsp3) is 0.0714. The van der Waals surface area contributed by atoms with E-state index in [1.807, 2.05) is 6.07 Å². The summed E-state index contributed by atoms with van der Waals surface area (Å²) in [5, 5.41) is 8.81. The third-order valence-corrected chi connectivity index (χ3v) is 5.09. The summed E-state index contributed by atoms with van der Waals surface area (Å²) >= 11 is 3.24. The number of sulfonamides is 1. The fourth-order valence-electron chi connectivity index (χ4n) is 1.91. The van der Waals surface area contributed by atoms with E-state index in [0.717, 1.165) is 0 Å². The summed E-state index contributed by atoms with van der Waals surface area (Å²) in [6, 6.07) is 11.5. The SMILES string of the molecule is Cc1cccc(N)c1S(=O)(=O)Nc1ccc(C#N)cc1Br. The highest BCUT2D eigenvalue weighted by molar-refractivity contribution is 9.10. The molecule has 2 rings (SSSR count). The second kappa shape index (κ2) is 5.76. The molecular formula is C14H12BrN3O2S. The van der Waals surface area contributed by atoms with Crippen molar-refractivity contribution in [2.45, 2.75) is 11.8 Å². The predicted octanol–water partition coefficient (Wildman–Crippen LogP) is 3.01. The topological polar surface area (TPSA) is 96.0 Å². The first-order valence-electron chi connectivity index (χ1n) is 5.92. The maximum Gasteiger partial charge on any atom is 0.264 e. The molecule has 2 aromatic carbocycles. The Kier molecular flexibility index (Phi) is 4.21. The minimum absolute atomic E-state index is 0.0567. The molecule has 7 heteroatoms. The molecular weight excluding hydrogens is 354 g/mol. The standard InChI is InChI=1S/C14H12BrN3O2S/c1-9-3-2-4-12(17)14(9)21(19,20)18-13-6-5-10(8-16)7-11(13)15/h2-7,18H,17H2,1H3. The van der Waals surface area contributed by atoms with Gasteiger partial charge >= 0.3 is 0 Å². The summed E-state index contributed by atoms with van der Waals surface area (Å²) in [5.74, 6) is 0. The van der Waals surface area contributed by atoms with E-state index in [0.29, 0.717) is 21.3 Å². The maximum absolute atomic E-state index is 12.5. The van der Waals surface area contributed by atoms with Crippen molar-refractivity contribution < 1.29 is 8.42 Å². The van der Waals surface area contributed by atoms with Gasteiger partial charge in [0.25, 0.3) is 10.0 Å². The largest absolute Gasteiger partial charge is 0.398 e. The Balaban J connectivity index is 2.46. The second-order valence-electron chi connectivity index (χ2n) is 4.41. The quantitative estimate of drug-likeness (QED) is 0.817. The normalized spacial score (nSPS) is 10.9. The van der Waals surface area contributed by atoms with Crippen LogP contribution >= 0.6 is 15.9 Å². The number of nitrogens with zero attached hydrogens (tertiary/aromatic N) is 1. The highest BCUT2D eigenvalue weighted by Crippen LogP contribution is 2.29. The van der Waals surface area contributed by atoms with Crippen LogP contribution in [0.2, 0.25) is 0 Å². The number of hydrogen-bond acceptors (Lipinski definition) is 4. The first-order valence-corrected chi connectivity index (χ1v) is 8.20. The van der Waals surface area contributed by atoms with Crippen LogP contribution in [-0.2, 0) is 10.0 Å². The molecule has 21 heavy (non-hydrogen) atoms. The molecule has 0 radical (unpaired) electrons. The number of nitriles is 1. The van der Waals surface area contributed by atoms with Crippen molar-refractivity contribution in [3.63, 3.8) is 0 Å². The lowest BCUT2D eigenvalue weighted by molar-refractivity contribution is 0.601. The number of hydrogen-bond donors (Lipinski definition) is 2. The summed E-state index contributed by atoms with van der Waals surface area (Å²) in [4.78, 5) is 0.0567. The van der Waals surface area contributed by atoms with E-state index in [2.05, 4.69) is 20.7 Å². The Labute approximate surface area is 131 Å². The highest BCUT2D eigenvalue weighted by atomic mass is 79.9. The number of benzene rings is 2. The maximum atomic E-state index is 12.5. The van der Waals surface area contributed by atoms with Gasteiger partial charge in [0.1, 0.15) is 4.90 Å². The number of anilines is 2. The third kappa shape index (κ3) is 3.17. The third-order valence-electron chi connectivity index (χ3n) is 2.85. The van der Waals surface area contributed by atoms with Crippen LogP contribution < -0.4 is 10.5 Å². The van der Waals surface area contributed by atoms with Gasteiger partial charge in [0.15, 0.2) is 0 Å². The molecule has 0 saturated carbocycles. The Morgan fingerprint density at radius 1 is 1.29 bits per heavy atom. The average molecular weight is 366 g/mol. The van der Waals surface area contributed by atoms with Gasteiger partial charge in [-0.15, -0.1) is 0 Å². The molecule has 3 N–H and O–H groups in total. The summed E-state index contributed by atoms with van der Waals surface area (Å²) in [6.45, 7) is 1.68. The molecule has 0 fully saturated rings. The summed E-state index contributed by atoms with van der Waals surface area (Å²) < 4.78 is 27.9. The number of halogens is 1. The lowest BCUT2D eigenvalue weighted by Crippen LogP contribution is -2.16. The van der Waals surface area contributed by atoms with E-state index in [1.54, 1.807) is 25.1 Å². The Hall–Kier alpha value is -2.04. The van der Waals surface area contributed by atoms with Gasteiger partial charge in [0.2, 0.25) is 0 Å². The monoisotopic (exact) mass is 365 g/mol. The molecule has 108 valence electrons. The summed E-state index contributed by atoms with van der Waals surface area (Å²) in [6.07, 6.45) is 0. The summed E-state index contributed by atoms with van der Waals surface area (Å²) in [7, 11) is -3.80. The number of nitrogen functional groups attached to an aromatic ring is 1. The molecule has 0 aliphatic carbocycles. The van der Waals surface area contributed by atoms with Crippen molar-refractivity contribution in [1.29, 1.82) is 5.26 Å². The van der Waals surface area contributed by atoms with E-state index in [-0.39, 0.29) is 10.6 Å². The smallest absolute Gasteiger partial charge is 0.264 e. The van der Waals surface area contributed by atoms with Crippen molar-refractivity contribution in [2.24, 2.45) is 0 Å². The Bertz CT molecular complexity index is 822. The van der Waals surface area contributed by atoms with Crippen molar-refractivity contribution >= 4 is 37.3 Å². The van der Waals surface area contributed by atoms with Crippen LogP contribution in [0.3, 0.4) is 0 Å². The molecule has 0 aliphatic heterocycles. The van der Waals surface area contributed by atoms with Gasteiger partial charge in [-0.1, -0.05) is 12.1 Å². The van der Waals surface area contributed by atoms with Crippen LogP contribution in [0.4, 0.5) is 11.4 Å². The van der Waals surface area contributed by atoms with E-state index >= 15 is 0 Å². The molecule has 0 aliphatic rings. The van der Waals surface area contributed by atoms with Gasteiger partial charge in [-0.3, -0.25) is 4.72 Å². The Morgan fingerprint density at radius 2 is 2.00 bits per heavy atom. The molecule has 0 heterocycles. The number of aryl methyl sites for hydroxylation is 1. The lowest BCUT2D eigenvalue weighted by atomic mass is 10.2. The van der Waals surface area contributed by atoms with Crippen LogP contribution in [0.1, 0.15) is 11.1 Å². The predicted molar refractivity (Wildman–Crippen MR) is 85.3 cm³/mol. The zero-order valence-corrected chi connectivity index (χ0v) is 13.5. The summed E-state index contributed by atoms with van der Waals surface area (Å²) in [5.41, 5.74) is 7.30. The molecule has 0 aromatic heterocycles. The van der Waals surface area contributed by atoms with E-state index in [4.69, 9.17) is 11.0 Å². The van der Waals surface area contributed by atoms with Crippen molar-refractivity contribution in [2.75, 3.05) is 10.5 Å². The van der Waals surface area contributed by atoms with Crippen molar-refractivity contribution in [3.05, 3.63) is 52.0 Å². The minimum Gasteiger partial charge on any atom is -0.398 e. The van der Waals surface area contributed by atoms with Gasteiger partial charge in [-0.05, 0) is 52.7 Å². The molecule has 2 aromatic rings. The number of nitrogens with two attached hydrogens (primary N) is 1. The number of rotatable bonds is 3. The van der Waals surface area contributed by atoms with Crippen LogP contribution in [0.15, 0.2) is 45.8 Å². The van der Waals surface area contributed by atoms with Crippen LogP contribution in [0.5, 0.6) is 0 Å². The van der Waals surface area contributed by atoms with Crippen molar-refractivity contribution in [3.8, 4) is 6.07 Å². The molecule has 5 nitrogen and oxygen atoms in total. The first-order chi connectivity index (χ1) is 9.85. The van der Waals surface area contributed by atoms with Crippen LogP contribution in [-0.4, -0.2) is 8.42 Å². The second-order valence-corrected chi connectivity index (χ2v) is 6.88. The van der Waals surface area contributed by atoms with Crippen molar-refractivity contribution in [1.82, 2.24) is 0 Å². The molecule has 0 unspecified atom stereocenters. The molecule has 0 saturated heterocycles.